The van der Waals surface area contributed by atoms with Crippen molar-refractivity contribution in [3.8, 4) is 11.1 Å². The maximum absolute atomic E-state index is 13.1. The Bertz CT molecular complexity index is 2180. The zero-order valence-electron chi connectivity index (χ0n) is 30.8. The zero-order valence-corrected chi connectivity index (χ0v) is 30.8. The van der Waals surface area contributed by atoms with E-state index in [0.717, 1.165) is 46.5 Å². The van der Waals surface area contributed by atoms with Crippen LogP contribution >= 0.6 is 0 Å². The molecule has 276 valence electrons. The van der Waals surface area contributed by atoms with Gasteiger partial charge < -0.3 is 14.6 Å². The highest BCUT2D eigenvalue weighted by Crippen LogP contribution is 2.43. The van der Waals surface area contributed by atoms with Crippen LogP contribution in [0.15, 0.2) is 158 Å². The van der Waals surface area contributed by atoms with Crippen LogP contribution in [-0.4, -0.2) is 39.4 Å². The molecule has 0 spiro atoms. The molecule has 1 N–H and O–H groups in total. The van der Waals surface area contributed by atoms with E-state index in [-0.39, 0.29) is 43.1 Å². The van der Waals surface area contributed by atoms with Gasteiger partial charge in [0.15, 0.2) is 6.29 Å². The minimum atomic E-state index is -0.638. The number of imide groups is 1. The summed E-state index contributed by atoms with van der Waals surface area (Å²) < 4.78 is 13.8. The van der Waals surface area contributed by atoms with Crippen molar-refractivity contribution in [1.82, 2.24) is 9.80 Å². The van der Waals surface area contributed by atoms with Gasteiger partial charge in [0, 0.05) is 31.1 Å². The van der Waals surface area contributed by atoms with Gasteiger partial charge in [0.25, 0.3) is 11.8 Å². The van der Waals surface area contributed by atoms with E-state index in [1.807, 2.05) is 72.8 Å². The molecule has 0 aliphatic carbocycles. The van der Waals surface area contributed by atoms with Gasteiger partial charge in [-0.3, -0.25) is 19.4 Å². The predicted octanol–water partition coefficient (Wildman–Crippen LogP) is 9.14. The third kappa shape index (κ3) is 8.07. The number of carbonyl (C=O) groups is 2. The van der Waals surface area contributed by atoms with Crippen LogP contribution in [-0.2, 0) is 35.7 Å². The van der Waals surface area contributed by atoms with Gasteiger partial charge in [-0.15, -0.1) is 0 Å². The van der Waals surface area contributed by atoms with Crippen LogP contribution in [0.25, 0.3) is 11.1 Å². The Labute approximate surface area is 322 Å². The number of rotatable bonds is 12. The summed E-state index contributed by atoms with van der Waals surface area (Å²) in [5.41, 5.74) is 8.96. The van der Waals surface area contributed by atoms with Gasteiger partial charge in [0.2, 0.25) is 0 Å². The number of benzene rings is 6. The highest BCUT2D eigenvalue weighted by Gasteiger charge is 2.39. The van der Waals surface area contributed by atoms with Crippen molar-refractivity contribution >= 4 is 11.8 Å². The molecular formula is C48H44N2O5. The molecule has 55 heavy (non-hydrogen) atoms. The largest absolute Gasteiger partial charge is 0.392 e. The number of nitrogens with zero attached hydrogens (tertiary/aromatic N) is 2. The topological polar surface area (TPSA) is 79.3 Å². The Morgan fingerprint density at radius 3 is 1.76 bits per heavy atom. The zero-order chi connectivity index (χ0) is 37.7. The smallest absolute Gasteiger partial charge is 0.261 e. The maximum atomic E-state index is 13.1. The summed E-state index contributed by atoms with van der Waals surface area (Å²) in [6, 6.07) is 52.3. The molecule has 7 heteroatoms. The number of carbonyl (C=O) groups excluding carboxylic acids is 2. The summed E-state index contributed by atoms with van der Waals surface area (Å²) in [4.78, 5) is 30.0. The molecule has 2 aliphatic rings. The van der Waals surface area contributed by atoms with Gasteiger partial charge in [0.05, 0.1) is 36.5 Å². The normalized spacial score (nSPS) is 19.5. The molecule has 4 atom stereocenters. The summed E-state index contributed by atoms with van der Waals surface area (Å²) >= 11 is 0. The summed E-state index contributed by atoms with van der Waals surface area (Å²) in [6.07, 6.45) is -1.06. The lowest BCUT2D eigenvalue weighted by Crippen LogP contribution is -2.44. The average molecular weight is 729 g/mol. The molecule has 1 fully saturated rings. The molecule has 6 aromatic carbocycles. The standard InChI is InChI=1S/C48H44N2O5/c1-33-44(31-49(28-34-12-4-2-5-13-34)29-35-14-6-3-7-15-35)54-48(55-45(33)38-24-22-36(32-51)23-25-38)41-19-11-18-40(27-41)39-17-10-16-37(26-39)30-50-46(52)42-20-8-9-21-43(42)47(50)53/h2-27,33,44-45,48,51H,28-32H2,1H3. The SMILES string of the molecule is CC1C(CN(Cc2ccccc2)Cc2ccccc2)OC(c2cccc(-c3cccc(CN4C(=O)c5ccccc5C4=O)c3)c2)OC1c1ccc(CO)cc1. The number of fused-ring (bicyclic) bond motifs is 1. The molecule has 6 aromatic rings. The van der Waals surface area contributed by atoms with E-state index in [9.17, 15) is 14.7 Å². The summed E-state index contributed by atoms with van der Waals surface area (Å²) in [6.45, 7) is 4.61. The number of hydrogen-bond donors (Lipinski definition) is 1. The number of aliphatic hydroxyl groups excluding tert-OH is 1. The Hall–Kier alpha value is -5.70. The molecular weight excluding hydrogens is 685 g/mol. The van der Waals surface area contributed by atoms with Crippen molar-refractivity contribution in [1.29, 1.82) is 0 Å². The molecule has 1 saturated heterocycles. The van der Waals surface area contributed by atoms with Crippen molar-refractivity contribution in [2.45, 2.75) is 51.7 Å². The predicted molar refractivity (Wildman–Crippen MR) is 212 cm³/mol. The summed E-state index contributed by atoms with van der Waals surface area (Å²) in [7, 11) is 0. The lowest BCUT2D eigenvalue weighted by atomic mass is 9.89. The second-order valence-corrected chi connectivity index (χ2v) is 14.5. The first-order valence-corrected chi connectivity index (χ1v) is 18.9. The van der Waals surface area contributed by atoms with Crippen LogP contribution in [0.2, 0.25) is 0 Å². The maximum Gasteiger partial charge on any atom is 0.261 e. The van der Waals surface area contributed by atoms with Gasteiger partial charge in [-0.25, -0.2) is 0 Å². The first-order valence-electron chi connectivity index (χ1n) is 18.9. The quantitative estimate of drug-likeness (QED) is 0.127. The van der Waals surface area contributed by atoms with E-state index in [0.29, 0.717) is 17.7 Å². The fourth-order valence-electron chi connectivity index (χ4n) is 7.73. The average Bonchev–Trinajstić information content (AvgIpc) is 3.47. The lowest BCUT2D eigenvalue weighted by Gasteiger charge is -2.43. The van der Waals surface area contributed by atoms with Gasteiger partial charge in [-0.2, -0.15) is 0 Å². The van der Waals surface area contributed by atoms with E-state index < -0.39 is 6.29 Å². The van der Waals surface area contributed by atoms with Crippen molar-refractivity contribution < 1.29 is 24.2 Å². The number of ether oxygens (including phenoxy) is 2. The fraction of sp³-hybridized carbons (Fsp3) is 0.208. The van der Waals surface area contributed by atoms with Crippen LogP contribution in [0.3, 0.4) is 0 Å². The summed E-state index contributed by atoms with van der Waals surface area (Å²) in [5, 5.41) is 9.74. The van der Waals surface area contributed by atoms with Gasteiger partial charge in [0.1, 0.15) is 0 Å². The summed E-state index contributed by atoms with van der Waals surface area (Å²) in [5.74, 6) is -0.516. The second-order valence-electron chi connectivity index (χ2n) is 14.5. The van der Waals surface area contributed by atoms with Crippen molar-refractivity contribution in [2.75, 3.05) is 6.54 Å². The van der Waals surface area contributed by atoms with E-state index in [1.165, 1.54) is 16.0 Å². The highest BCUT2D eigenvalue weighted by atomic mass is 16.7. The number of amides is 2. The Morgan fingerprint density at radius 1 is 0.582 bits per heavy atom. The third-order valence-electron chi connectivity index (χ3n) is 10.7. The van der Waals surface area contributed by atoms with E-state index in [1.54, 1.807) is 24.3 Å². The molecule has 2 heterocycles. The fourth-order valence-corrected chi connectivity index (χ4v) is 7.73. The molecule has 0 saturated carbocycles. The van der Waals surface area contributed by atoms with Crippen LogP contribution in [0, 0.1) is 5.92 Å². The number of hydrogen-bond acceptors (Lipinski definition) is 6. The van der Waals surface area contributed by atoms with Crippen molar-refractivity contribution in [2.24, 2.45) is 5.92 Å². The van der Waals surface area contributed by atoms with E-state index in [4.69, 9.17) is 9.47 Å². The molecule has 7 nitrogen and oxygen atoms in total. The molecule has 0 radical (unpaired) electrons. The minimum Gasteiger partial charge on any atom is -0.392 e. The van der Waals surface area contributed by atoms with E-state index >= 15 is 0 Å². The minimum absolute atomic E-state index is 0.0179. The molecule has 4 unspecified atom stereocenters. The van der Waals surface area contributed by atoms with Crippen LogP contribution in [0.5, 0.6) is 0 Å². The first kappa shape index (κ1) is 36.3. The highest BCUT2D eigenvalue weighted by molar-refractivity contribution is 6.21. The number of aliphatic hydroxyl groups is 1. The van der Waals surface area contributed by atoms with Gasteiger partial charge in [-0.05, 0) is 63.2 Å². The molecule has 0 bridgehead atoms. The Kier molecular flexibility index (Phi) is 10.8. The molecule has 0 aromatic heterocycles. The second kappa shape index (κ2) is 16.3. The van der Waals surface area contributed by atoms with Crippen LogP contribution < -0.4 is 0 Å². The van der Waals surface area contributed by atoms with Crippen molar-refractivity contribution in [3.63, 3.8) is 0 Å². The first-order chi connectivity index (χ1) is 26.9. The van der Waals surface area contributed by atoms with E-state index in [2.05, 4.69) is 72.5 Å². The van der Waals surface area contributed by atoms with Gasteiger partial charge in [-0.1, -0.05) is 140 Å². The third-order valence-corrected chi connectivity index (χ3v) is 10.7. The Morgan fingerprint density at radius 2 is 1.15 bits per heavy atom. The Balaban J connectivity index is 1.07. The van der Waals surface area contributed by atoms with Gasteiger partial charge >= 0.3 is 0 Å². The molecule has 2 aliphatic heterocycles. The van der Waals surface area contributed by atoms with Crippen molar-refractivity contribution in [3.05, 3.63) is 202 Å². The molecule has 2 amide bonds. The van der Waals surface area contributed by atoms with Crippen LogP contribution in [0.1, 0.15) is 73.4 Å². The molecule has 8 rings (SSSR count). The lowest BCUT2D eigenvalue weighted by molar-refractivity contribution is -0.276. The monoisotopic (exact) mass is 728 g/mol. The van der Waals surface area contributed by atoms with Crippen LogP contribution in [0.4, 0.5) is 0 Å².